The van der Waals surface area contributed by atoms with Gasteiger partial charge >= 0.3 is 6.18 Å². The Labute approximate surface area is 117 Å². The van der Waals surface area contributed by atoms with Crippen molar-refractivity contribution < 1.29 is 13.2 Å². The molecular weight excluding hydrogens is 265 g/mol. The normalized spacial score (nSPS) is 20.5. The Bertz CT molecular complexity index is 431. The van der Waals surface area contributed by atoms with Crippen LogP contribution in [0.3, 0.4) is 0 Å². The first-order valence-corrected chi connectivity index (χ1v) is 7.09. The second-order valence-corrected chi connectivity index (χ2v) is 5.55. The Morgan fingerprint density at radius 3 is 2.60 bits per heavy atom. The van der Waals surface area contributed by atoms with E-state index in [4.69, 9.17) is 5.84 Å². The molecule has 2 unspecified atom stereocenters. The minimum absolute atomic E-state index is 0.0364. The van der Waals surface area contributed by atoms with Crippen molar-refractivity contribution in [3.63, 3.8) is 0 Å². The van der Waals surface area contributed by atoms with Crippen LogP contribution >= 0.6 is 0 Å². The molecule has 0 aromatic heterocycles. The summed E-state index contributed by atoms with van der Waals surface area (Å²) in [6.45, 7) is 0. The third-order valence-electron chi connectivity index (χ3n) is 4.14. The molecule has 0 bridgehead atoms. The van der Waals surface area contributed by atoms with Crippen LogP contribution in [0.2, 0.25) is 0 Å². The van der Waals surface area contributed by atoms with Gasteiger partial charge in [-0.2, -0.15) is 13.2 Å². The van der Waals surface area contributed by atoms with E-state index in [-0.39, 0.29) is 12.5 Å². The lowest BCUT2D eigenvalue weighted by Crippen LogP contribution is -2.43. The number of fused-ring (bicyclic) bond motifs is 1. The molecule has 0 fully saturated rings. The Morgan fingerprint density at radius 1 is 1.25 bits per heavy atom. The molecule has 0 aliphatic heterocycles. The summed E-state index contributed by atoms with van der Waals surface area (Å²) in [6.07, 6.45) is -1.32. The van der Waals surface area contributed by atoms with Crippen molar-refractivity contribution >= 4 is 0 Å². The third-order valence-corrected chi connectivity index (χ3v) is 4.14. The lowest BCUT2D eigenvalue weighted by Gasteiger charge is -2.31. The summed E-state index contributed by atoms with van der Waals surface area (Å²) in [5, 5.41) is 0. The quantitative estimate of drug-likeness (QED) is 0.643. The van der Waals surface area contributed by atoms with Gasteiger partial charge in [0.15, 0.2) is 0 Å². The molecule has 3 N–H and O–H groups in total. The molecule has 0 spiro atoms. The van der Waals surface area contributed by atoms with E-state index in [1.165, 1.54) is 11.1 Å². The number of benzene rings is 1. The molecule has 0 heterocycles. The maximum absolute atomic E-state index is 12.2. The Kier molecular flexibility index (Phi) is 5.05. The van der Waals surface area contributed by atoms with Crippen LogP contribution < -0.4 is 11.3 Å². The fraction of sp³-hybridized carbons (Fsp3) is 0.600. The smallest absolute Gasteiger partial charge is 0.271 e. The number of hydrazine groups is 1. The average molecular weight is 286 g/mol. The van der Waals surface area contributed by atoms with E-state index in [1.54, 1.807) is 0 Å². The summed E-state index contributed by atoms with van der Waals surface area (Å²) < 4.78 is 36.6. The van der Waals surface area contributed by atoms with Crippen molar-refractivity contribution in [2.45, 2.75) is 50.7 Å². The summed E-state index contributed by atoms with van der Waals surface area (Å²) in [7, 11) is 0. The van der Waals surface area contributed by atoms with Gasteiger partial charge in [-0.15, -0.1) is 0 Å². The van der Waals surface area contributed by atoms with Crippen LogP contribution in [0, 0.1) is 5.92 Å². The first kappa shape index (κ1) is 15.3. The summed E-state index contributed by atoms with van der Waals surface area (Å²) >= 11 is 0. The molecule has 2 rings (SSSR count). The molecule has 1 aromatic rings. The maximum Gasteiger partial charge on any atom is 0.389 e. The number of halogens is 3. The fourth-order valence-corrected chi connectivity index (χ4v) is 3.05. The van der Waals surface area contributed by atoms with E-state index in [0.717, 1.165) is 19.3 Å². The zero-order valence-corrected chi connectivity index (χ0v) is 11.4. The van der Waals surface area contributed by atoms with Gasteiger partial charge in [-0.3, -0.25) is 11.3 Å². The van der Waals surface area contributed by atoms with Crippen LogP contribution in [-0.2, 0) is 12.8 Å². The minimum Gasteiger partial charge on any atom is -0.271 e. The van der Waals surface area contributed by atoms with Crippen LogP contribution in [0.25, 0.3) is 0 Å². The maximum atomic E-state index is 12.2. The van der Waals surface area contributed by atoms with Crippen LogP contribution in [0.4, 0.5) is 13.2 Å². The van der Waals surface area contributed by atoms with E-state index in [0.29, 0.717) is 12.3 Å². The molecule has 5 heteroatoms. The van der Waals surface area contributed by atoms with Gasteiger partial charge in [0.25, 0.3) is 0 Å². The monoisotopic (exact) mass is 286 g/mol. The van der Waals surface area contributed by atoms with Crippen molar-refractivity contribution in [1.29, 1.82) is 0 Å². The number of hydrogen-bond donors (Lipinski definition) is 2. The van der Waals surface area contributed by atoms with Crippen LogP contribution in [0.15, 0.2) is 24.3 Å². The summed E-state index contributed by atoms with van der Waals surface area (Å²) in [4.78, 5) is 0. The zero-order valence-electron chi connectivity index (χ0n) is 11.4. The van der Waals surface area contributed by atoms with E-state index in [1.807, 2.05) is 12.1 Å². The molecule has 1 aliphatic carbocycles. The second kappa shape index (κ2) is 6.59. The zero-order chi connectivity index (χ0) is 14.6. The Hall–Kier alpha value is -1.07. The molecule has 20 heavy (non-hydrogen) atoms. The van der Waals surface area contributed by atoms with E-state index < -0.39 is 12.6 Å². The predicted octanol–water partition coefficient (Wildman–Crippen LogP) is 3.36. The summed E-state index contributed by atoms with van der Waals surface area (Å²) in [5.74, 6) is 5.86. The highest BCUT2D eigenvalue weighted by molar-refractivity contribution is 5.29. The molecule has 0 saturated heterocycles. The fourth-order valence-electron chi connectivity index (χ4n) is 3.05. The van der Waals surface area contributed by atoms with Crippen LogP contribution in [0.5, 0.6) is 0 Å². The van der Waals surface area contributed by atoms with Crippen molar-refractivity contribution in [1.82, 2.24) is 5.43 Å². The summed E-state index contributed by atoms with van der Waals surface area (Å²) in [5.41, 5.74) is 5.38. The number of alkyl halides is 3. The molecular formula is C15H21F3N2. The molecule has 0 saturated carbocycles. The number of hydrogen-bond acceptors (Lipinski definition) is 2. The SMILES string of the molecule is NNC(CCCC(F)(F)F)C1CCc2ccccc2C1. The minimum atomic E-state index is -4.07. The van der Waals surface area contributed by atoms with Crippen molar-refractivity contribution in [2.75, 3.05) is 0 Å². The van der Waals surface area contributed by atoms with Crippen molar-refractivity contribution in [3.05, 3.63) is 35.4 Å². The van der Waals surface area contributed by atoms with Gasteiger partial charge < -0.3 is 0 Å². The van der Waals surface area contributed by atoms with Gasteiger partial charge in [0.05, 0.1) is 0 Å². The summed E-state index contributed by atoms with van der Waals surface area (Å²) in [6, 6.07) is 8.23. The van der Waals surface area contributed by atoms with Gasteiger partial charge in [-0.25, -0.2) is 0 Å². The number of aryl methyl sites for hydroxylation is 1. The number of rotatable bonds is 5. The molecule has 1 aromatic carbocycles. The highest BCUT2D eigenvalue weighted by Gasteiger charge is 2.29. The van der Waals surface area contributed by atoms with E-state index in [2.05, 4.69) is 17.6 Å². The second-order valence-electron chi connectivity index (χ2n) is 5.55. The van der Waals surface area contributed by atoms with Gasteiger partial charge in [-0.1, -0.05) is 24.3 Å². The van der Waals surface area contributed by atoms with Crippen molar-refractivity contribution in [2.24, 2.45) is 11.8 Å². The van der Waals surface area contributed by atoms with Gasteiger partial charge in [0.1, 0.15) is 0 Å². The largest absolute Gasteiger partial charge is 0.389 e. The predicted molar refractivity (Wildman–Crippen MR) is 73.0 cm³/mol. The van der Waals surface area contributed by atoms with Gasteiger partial charge in [0, 0.05) is 12.5 Å². The lowest BCUT2D eigenvalue weighted by atomic mass is 9.79. The van der Waals surface area contributed by atoms with Gasteiger partial charge in [0.2, 0.25) is 0 Å². The first-order valence-electron chi connectivity index (χ1n) is 7.09. The Balaban J connectivity index is 1.90. The van der Waals surface area contributed by atoms with Crippen molar-refractivity contribution in [3.8, 4) is 0 Å². The topological polar surface area (TPSA) is 38.0 Å². The molecule has 0 radical (unpaired) electrons. The molecule has 112 valence electrons. The molecule has 2 nitrogen and oxygen atoms in total. The van der Waals surface area contributed by atoms with Crippen LogP contribution in [0.1, 0.15) is 36.8 Å². The van der Waals surface area contributed by atoms with Gasteiger partial charge in [-0.05, 0) is 49.1 Å². The third kappa shape index (κ3) is 4.21. The van der Waals surface area contributed by atoms with E-state index >= 15 is 0 Å². The number of nitrogens with two attached hydrogens (primary N) is 1. The Morgan fingerprint density at radius 2 is 1.95 bits per heavy atom. The highest BCUT2D eigenvalue weighted by Crippen LogP contribution is 2.30. The number of nitrogens with one attached hydrogen (secondary N) is 1. The average Bonchev–Trinajstić information content (AvgIpc) is 2.42. The molecule has 1 aliphatic rings. The van der Waals surface area contributed by atoms with Crippen LogP contribution in [-0.4, -0.2) is 12.2 Å². The lowest BCUT2D eigenvalue weighted by molar-refractivity contribution is -0.136. The molecule has 2 atom stereocenters. The van der Waals surface area contributed by atoms with E-state index in [9.17, 15) is 13.2 Å². The highest BCUT2D eigenvalue weighted by atomic mass is 19.4. The standard InChI is InChI=1S/C15H21F3N2/c16-15(17,18)9-3-6-14(20-19)13-8-7-11-4-1-2-5-12(11)10-13/h1-2,4-5,13-14,20H,3,6-10,19H2. The first-order chi connectivity index (χ1) is 9.49. The molecule has 0 amide bonds.